The molecule has 0 aliphatic heterocycles. The van der Waals surface area contributed by atoms with Gasteiger partial charge in [-0.15, -0.1) is 0 Å². The smallest absolute Gasteiger partial charge is 0.0861 e. The molecule has 2 unspecified atom stereocenters. The van der Waals surface area contributed by atoms with Gasteiger partial charge >= 0.3 is 0 Å². The van der Waals surface area contributed by atoms with Gasteiger partial charge < -0.3 is 9.84 Å². The van der Waals surface area contributed by atoms with E-state index in [0.717, 1.165) is 0 Å². The van der Waals surface area contributed by atoms with E-state index in [1.165, 1.54) is 41.2 Å². The minimum atomic E-state index is -0.395. The molecular formula is C16H23IO2. The van der Waals surface area contributed by atoms with Gasteiger partial charge in [-0.3, -0.25) is 0 Å². The van der Waals surface area contributed by atoms with Crippen molar-refractivity contribution < 1.29 is 9.84 Å². The molecule has 19 heavy (non-hydrogen) atoms. The van der Waals surface area contributed by atoms with Crippen molar-refractivity contribution in [2.24, 2.45) is 5.92 Å². The zero-order valence-corrected chi connectivity index (χ0v) is 13.7. The van der Waals surface area contributed by atoms with Gasteiger partial charge in [0.1, 0.15) is 0 Å². The molecule has 0 amide bonds. The zero-order chi connectivity index (χ0) is 13.7. The molecule has 0 spiro atoms. The number of hydrogen-bond acceptors (Lipinski definition) is 2. The van der Waals surface area contributed by atoms with Crippen LogP contribution in [0.4, 0.5) is 0 Å². The van der Waals surface area contributed by atoms with Crippen LogP contribution in [0.15, 0.2) is 24.3 Å². The Morgan fingerprint density at radius 2 is 1.84 bits per heavy atom. The van der Waals surface area contributed by atoms with Gasteiger partial charge in [0.2, 0.25) is 0 Å². The Hall–Kier alpha value is -0.130. The molecule has 1 aliphatic carbocycles. The topological polar surface area (TPSA) is 29.5 Å². The molecule has 2 nitrogen and oxygen atoms in total. The number of hydrogen-bond donors (Lipinski definition) is 1. The maximum absolute atomic E-state index is 10.5. The molecule has 0 radical (unpaired) electrons. The van der Waals surface area contributed by atoms with E-state index >= 15 is 0 Å². The first-order valence-corrected chi connectivity index (χ1v) is 8.24. The third kappa shape index (κ3) is 4.43. The average Bonchev–Trinajstić information content (AvgIpc) is 2.43. The van der Waals surface area contributed by atoms with Crippen LogP contribution < -0.4 is 0 Å². The highest BCUT2D eigenvalue weighted by molar-refractivity contribution is 14.1. The Morgan fingerprint density at radius 1 is 1.21 bits per heavy atom. The summed E-state index contributed by atoms with van der Waals surface area (Å²) in [5.41, 5.74) is 1.19. The summed E-state index contributed by atoms with van der Waals surface area (Å²) in [6.07, 6.45) is 6.56. The highest BCUT2D eigenvalue weighted by atomic mass is 127. The Labute approximate surface area is 129 Å². The monoisotopic (exact) mass is 374 g/mol. The van der Waals surface area contributed by atoms with Crippen molar-refractivity contribution in [2.45, 2.75) is 50.7 Å². The molecule has 0 aromatic heterocycles. The number of methoxy groups -OCH3 is 1. The van der Waals surface area contributed by atoms with Crippen molar-refractivity contribution in [2.75, 3.05) is 7.11 Å². The highest BCUT2D eigenvalue weighted by Crippen LogP contribution is 2.30. The molecule has 1 saturated carbocycles. The first kappa shape index (κ1) is 15.3. The molecule has 1 aliphatic rings. The molecule has 1 fully saturated rings. The van der Waals surface area contributed by atoms with Crippen molar-refractivity contribution in [1.29, 1.82) is 0 Å². The van der Waals surface area contributed by atoms with Gasteiger partial charge in [-0.2, -0.15) is 0 Å². The molecule has 106 valence electrons. The van der Waals surface area contributed by atoms with Crippen LogP contribution in [0.25, 0.3) is 0 Å². The molecule has 0 saturated heterocycles. The summed E-state index contributed by atoms with van der Waals surface area (Å²) >= 11 is 2.30. The van der Waals surface area contributed by atoms with Gasteiger partial charge in [0.05, 0.1) is 12.2 Å². The van der Waals surface area contributed by atoms with Crippen LogP contribution in [-0.4, -0.2) is 24.4 Å². The standard InChI is InChI=1S/C16H23IO2/c1-19-16(13-5-3-2-4-6-13)15(18)11-12-7-9-14(17)10-8-12/h7-10,13,15-16,18H,2-6,11H2,1H3. The second-order valence-corrected chi connectivity index (χ2v) is 6.74. The first-order valence-electron chi connectivity index (χ1n) is 7.16. The second kappa shape index (κ2) is 7.60. The highest BCUT2D eigenvalue weighted by Gasteiger charge is 2.29. The van der Waals surface area contributed by atoms with Crippen LogP contribution in [0.2, 0.25) is 0 Å². The Balaban J connectivity index is 1.95. The van der Waals surface area contributed by atoms with Crippen LogP contribution in [-0.2, 0) is 11.2 Å². The van der Waals surface area contributed by atoms with Crippen molar-refractivity contribution in [1.82, 2.24) is 0 Å². The minimum absolute atomic E-state index is 0.0143. The van der Waals surface area contributed by atoms with Crippen LogP contribution in [0, 0.1) is 9.49 Å². The molecular weight excluding hydrogens is 351 g/mol. The van der Waals surface area contributed by atoms with E-state index in [-0.39, 0.29) is 6.10 Å². The van der Waals surface area contributed by atoms with E-state index in [1.54, 1.807) is 7.11 Å². The van der Waals surface area contributed by atoms with Crippen LogP contribution in [0.3, 0.4) is 0 Å². The lowest BCUT2D eigenvalue weighted by Gasteiger charge is -2.32. The van der Waals surface area contributed by atoms with E-state index < -0.39 is 6.10 Å². The molecule has 1 aromatic carbocycles. The first-order chi connectivity index (χ1) is 9.20. The van der Waals surface area contributed by atoms with Crippen LogP contribution in [0.1, 0.15) is 37.7 Å². The van der Waals surface area contributed by atoms with E-state index in [4.69, 9.17) is 4.74 Å². The minimum Gasteiger partial charge on any atom is -0.390 e. The molecule has 3 heteroatoms. The van der Waals surface area contributed by atoms with Gasteiger partial charge in [0.25, 0.3) is 0 Å². The fourth-order valence-corrected chi connectivity index (χ4v) is 3.46. The third-order valence-electron chi connectivity index (χ3n) is 4.12. The predicted octanol–water partition coefficient (Wildman–Crippen LogP) is 3.79. The SMILES string of the molecule is COC(C(O)Cc1ccc(I)cc1)C1CCCCC1. The van der Waals surface area contributed by atoms with E-state index in [1.807, 2.05) is 0 Å². The third-order valence-corrected chi connectivity index (χ3v) is 4.84. The summed E-state index contributed by atoms with van der Waals surface area (Å²) in [6, 6.07) is 8.37. The van der Waals surface area contributed by atoms with E-state index in [2.05, 4.69) is 46.9 Å². The summed E-state index contributed by atoms with van der Waals surface area (Å²) in [5.74, 6) is 0.526. The van der Waals surface area contributed by atoms with Crippen molar-refractivity contribution in [3.63, 3.8) is 0 Å². The van der Waals surface area contributed by atoms with Crippen LogP contribution in [0.5, 0.6) is 0 Å². The van der Waals surface area contributed by atoms with Crippen LogP contribution >= 0.6 is 22.6 Å². The molecule has 2 atom stereocenters. The fraction of sp³-hybridized carbons (Fsp3) is 0.625. The number of aliphatic hydroxyl groups is 1. The maximum Gasteiger partial charge on any atom is 0.0861 e. The summed E-state index contributed by atoms with van der Waals surface area (Å²) in [4.78, 5) is 0. The largest absolute Gasteiger partial charge is 0.390 e. The van der Waals surface area contributed by atoms with Crippen molar-refractivity contribution in [3.05, 3.63) is 33.4 Å². The van der Waals surface area contributed by atoms with Gasteiger partial charge in [-0.25, -0.2) is 0 Å². The van der Waals surface area contributed by atoms with Gasteiger partial charge in [0.15, 0.2) is 0 Å². The Morgan fingerprint density at radius 3 is 2.42 bits per heavy atom. The Kier molecular flexibility index (Phi) is 6.10. The zero-order valence-electron chi connectivity index (χ0n) is 11.5. The second-order valence-electron chi connectivity index (χ2n) is 5.50. The van der Waals surface area contributed by atoms with E-state index in [0.29, 0.717) is 12.3 Å². The van der Waals surface area contributed by atoms with Crippen molar-refractivity contribution >= 4 is 22.6 Å². The van der Waals surface area contributed by atoms with Gasteiger partial charge in [-0.1, -0.05) is 31.4 Å². The van der Waals surface area contributed by atoms with E-state index in [9.17, 15) is 5.11 Å². The maximum atomic E-state index is 10.5. The average molecular weight is 374 g/mol. The lowest BCUT2D eigenvalue weighted by Crippen LogP contribution is -2.37. The normalized spacial score (nSPS) is 20.2. The molecule has 1 N–H and O–H groups in total. The summed E-state index contributed by atoms with van der Waals surface area (Å²) in [5, 5.41) is 10.5. The summed E-state index contributed by atoms with van der Waals surface area (Å²) in [6.45, 7) is 0. The molecule has 1 aromatic rings. The lowest BCUT2D eigenvalue weighted by molar-refractivity contribution is -0.0535. The fourth-order valence-electron chi connectivity index (χ4n) is 3.10. The molecule has 0 bridgehead atoms. The lowest BCUT2D eigenvalue weighted by atomic mass is 9.82. The summed E-state index contributed by atoms with van der Waals surface area (Å²) < 4.78 is 6.82. The number of benzene rings is 1. The number of aliphatic hydroxyl groups excluding tert-OH is 1. The Bertz CT molecular complexity index is 371. The number of halogens is 1. The quantitative estimate of drug-likeness (QED) is 0.795. The number of ether oxygens (including phenoxy) is 1. The molecule has 2 rings (SSSR count). The van der Waals surface area contributed by atoms with Gasteiger partial charge in [0, 0.05) is 17.1 Å². The van der Waals surface area contributed by atoms with Crippen molar-refractivity contribution in [3.8, 4) is 0 Å². The number of rotatable bonds is 5. The predicted molar refractivity (Wildman–Crippen MR) is 86.2 cm³/mol. The van der Waals surface area contributed by atoms with Gasteiger partial charge in [-0.05, 0) is 59.0 Å². The summed E-state index contributed by atoms with van der Waals surface area (Å²) in [7, 11) is 1.73. The molecule has 0 heterocycles.